The van der Waals surface area contributed by atoms with E-state index >= 15 is 0 Å². The highest BCUT2D eigenvalue weighted by atomic mass is 32.1. The quantitative estimate of drug-likeness (QED) is 0.847. The number of para-hydroxylation sites is 1. The highest BCUT2D eigenvalue weighted by Gasteiger charge is 2.11. The van der Waals surface area contributed by atoms with Crippen molar-refractivity contribution in [2.45, 2.75) is 51.0 Å². The second-order valence-corrected chi connectivity index (χ2v) is 6.58. The Bertz CT molecular complexity index is 479. The third-order valence-corrected chi connectivity index (χ3v) is 5.06. The van der Waals surface area contributed by atoms with Gasteiger partial charge in [-0.3, -0.25) is 0 Å². The fourth-order valence-corrected chi connectivity index (χ4v) is 3.86. The van der Waals surface area contributed by atoms with Gasteiger partial charge in [-0.2, -0.15) is 0 Å². The zero-order valence-electron chi connectivity index (χ0n) is 11.4. The predicted octanol–water partition coefficient (Wildman–Crippen LogP) is 4.15. The molecule has 2 aromatic rings. The fraction of sp³-hybridized carbons (Fsp3) is 0.562. The third kappa shape index (κ3) is 3.54. The van der Waals surface area contributed by atoms with Gasteiger partial charge < -0.3 is 5.32 Å². The molecule has 3 rings (SSSR count). The molecule has 0 bridgehead atoms. The van der Waals surface area contributed by atoms with Crippen LogP contribution >= 0.6 is 11.3 Å². The summed E-state index contributed by atoms with van der Waals surface area (Å²) in [5, 5.41) is 4.99. The van der Waals surface area contributed by atoms with E-state index in [1.165, 1.54) is 48.2 Å². The van der Waals surface area contributed by atoms with Crippen molar-refractivity contribution < 1.29 is 0 Å². The summed E-state index contributed by atoms with van der Waals surface area (Å²) in [7, 11) is 0. The maximum absolute atomic E-state index is 4.69. The molecule has 1 heterocycles. The lowest BCUT2D eigenvalue weighted by Gasteiger charge is -2.15. The van der Waals surface area contributed by atoms with E-state index in [0.29, 0.717) is 0 Å². The normalized spacial score (nSPS) is 17.7. The van der Waals surface area contributed by atoms with E-state index in [4.69, 9.17) is 4.98 Å². The van der Waals surface area contributed by atoms with Crippen molar-refractivity contribution in [2.75, 3.05) is 6.54 Å². The van der Waals surface area contributed by atoms with Crippen LogP contribution in [0.3, 0.4) is 0 Å². The van der Waals surface area contributed by atoms with E-state index in [1.807, 2.05) is 11.3 Å². The maximum Gasteiger partial charge on any atom is 0.0951 e. The molecule has 102 valence electrons. The van der Waals surface area contributed by atoms with Gasteiger partial charge in [0.05, 0.1) is 15.2 Å². The summed E-state index contributed by atoms with van der Waals surface area (Å²) in [6, 6.07) is 9.17. The average molecular weight is 274 g/mol. The van der Waals surface area contributed by atoms with E-state index in [9.17, 15) is 0 Å². The Labute approximate surface area is 119 Å². The van der Waals surface area contributed by atoms with Gasteiger partial charge in [0, 0.05) is 19.0 Å². The first kappa shape index (κ1) is 13.1. The highest BCUT2D eigenvalue weighted by Crippen LogP contribution is 2.22. The Kier molecular flexibility index (Phi) is 4.46. The van der Waals surface area contributed by atoms with Crippen LogP contribution in [0.15, 0.2) is 24.3 Å². The van der Waals surface area contributed by atoms with Crippen molar-refractivity contribution in [1.29, 1.82) is 0 Å². The van der Waals surface area contributed by atoms with Crippen molar-refractivity contribution in [3.63, 3.8) is 0 Å². The SMILES string of the molecule is c1ccc2sc(CCNC3CCCCCC3)nc2c1. The Morgan fingerprint density at radius 1 is 1.11 bits per heavy atom. The van der Waals surface area contributed by atoms with Gasteiger partial charge in [-0.05, 0) is 25.0 Å². The number of nitrogens with one attached hydrogen (secondary N) is 1. The number of nitrogens with zero attached hydrogens (tertiary/aromatic N) is 1. The van der Waals surface area contributed by atoms with Crippen LogP contribution in [0.5, 0.6) is 0 Å². The van der Waals surface area contributed by atoms with E-state index in [-0.39, 0.29) is 0 Å². The van der Waals surface area contributed by atoms with Crippen molar-refractivity contribution in [3.05, 3.63) is 29.3 Å². The average Bonchev–Trinajstić information content (AvgIpc) is 2.66. The number of hydrogen-bond donors (Lipinski definition) is 1. The Morgan fingerprint density at radius 3 is 2.68 bits per heavy atom. The molecule has 1 aromatic heterocycles. The van der Waals surface area contributed by atoms with Gasteiger partial charge in [0.25, 0.3) is 0 Å². The molecule has 0 spiro atoms. The molecule has 0 unspecified atom stereocenters. The number of fused-ring (bicyclic) bond motifs is 1. The number of benzene rings is 1. The first-order chi connectivity index (χ1) is 9.42. The molecule has 1 aliphatic carbocycles. The van der Waals surface area contributed by atoms with Gasteiger partial charge in [-0.25, -0.2) is 4.98 Å². The van der Waals surface area contributed by atoms with Crippen LogP contribution in [0, 0.1) is 0 Å². The van der Waals surface area contributed by atoms with Gasteiger partial charge in [0.2, 0.25) is 0 Å². The maximum atomic E-state index is 4.69. The Morgan fingerprint density at radius 2 is 1.89 bits per heavy atom. The molecule has 0 radical (unpaired) electrons. The molecule has 1 N–H and O–H groups in total. The van der Waals surface area contributed by atoms with Crippen molar-refractivity contribution in [1.82, 2.24) is 10.3 Å². The van der Waals surface area contributed by atoms with Crippen LogP contribution in [0.25, 0.3) is 10.2 Å². The number of aromatic nitrogens is 1. The summed E-state index contributed by atoms with van der Waals surface area (Å²) in [4.78, 5) is 4.69. The summed E-state index contributed by atoms with van der Waals surface area (Å²) in [6.07, 6.45) is 9.44. The monoisotopic (exact) mass is 274 g/mol. The second-order valence-electron chi connectivity index (χ2n) is 5.47. The van der Waals surface area contributed by atoms with E-state index in [1.54, 1.807) is 0 Å². The smallest absolute Gasteiger partial charge is 0.0951 e. The van der Waals surface area contributed by atoms with Crippen molar-refractivity contribution >= 4 is 21.6 Å². The van der Waals surface area contributed by atoms with Gasteiger partial charge in [-0.15, -0.1) is 11.3 Å². The topological polar surface area (TPSA) is 24.9 Å². The molecule has 0 saturated heterocycles. The fourth-order valence-electron chi connectivity index (χ4n) is 2.89. The molecular formula is C16H22N2S. The minimum absolute atomic E-state index is 0.747. The molecule has 2 nitrogen and oxygen atoms in total. The molecule has 1 saturated carbocycles. The largest absolute Gasteiger partial charge is 0.314 e. The summed E-state index contributed by atoms with van der Waals surface area (Å²) < 4.78 is 1.31. The zero-order valence-corrected chi connectivity index (χ0v) is 12.2. The molecule has 0 amide bonds. The number of hydrogen-bond acceptors (Lipinski definition) is 3. The zero-order chi connectivity index (χ0) is 12.9. The molecule has 0 aliphatic heterocycles. The Balaban J connectivity index is 1.51. The molecule has 3 heteroatoms. The van der Waals surface area contributed by atoms with E-state index in [2.05, 4.69) is 29.6 Å². The second kappa shape index (κ2) is 6.49. The Hall–Kier alpha value is -0.930. The van der Waals surface area contributed by atoms with Crippen LogP contribution in [-0.2, 0) is 6.42 Å². The lowest BCUT2D eigenvalue weighted by Crippen LogP contribution is -2.30. The summed E-state index contributed by atoms with van der Waals surface area (Å²) in [6.45, 7) is 1.07. The van der Waals surface area contributed by atoms with Gasteiger partial charge >= 0.3 is 0 Å². The highest BCUT2D eigenvalue weighted by molar-refractivity contribution is 7.18. The van der Waals surface area contributed by atoms with Crippen LogP contribution in [-0.4, -0.2) is 17.6 Å². The van der Waals surface area contributed by atoms with E-state index < -0.39 is 0 Å². The molecular weight excluding hydrogens is 252 g/mol. The van der Waals surface area contributed by atoms with E-state index in [0.717, 1.165) is 24.5 Å². The first-order valence-corrected chi connectivity index (χ1v) is 8.31. The van der Waals surface area contributed by atoms with Gasteiger partial charge in [0.1, 0.15) is 0 Å². The molecule has 1 fully saturated rings. The molecule has 19 heavy (non-hydrogen) atoms. The lowest BCUT2D eigenvalue weighted by molar-refractivity contribution is 0.463. The van der Waals surface area contributed by atoms with Crippen molar-refractivity contribution in [2.24, 2.45) is 0 Å². The van der Waals surface area contributed by atoms with Crippen LogP contribution in [0.1, 0.15) is 43.5 Å². The van der Waals surface area contributed by atoms with Crippen LogP contribution in [0.4, 0.5) is 0 Å². The van der Waals surface area contributed by atoms with Crippen LogP contribution in [0.2, 0.25) is 0 Å². The summed E-state index contributed by atoms with van der Waals surface area (Å²) >= 11 is 1.84. The standard InChI is InChI=1S/C16H22N2S/c1-2-4-8-13(7-3-1)17-12-11-16-18-14-9-5-6-10-15(14)19-16/h5-6,9-10,13,17H,1-4,7-8,11-12H2. The molecule has 0 atom stereocenters. The number of thiazole rings is 1. The van der Waals surface area contributed by atoms with Gasteiger partial charge in [0.15, 0.2) is 0 Å². The number of rotatable bonds is 4. The molecule has 1 aliphatic rings. The minimum atomic E-state index is 0.747. The first-order valence-electron chi connectivity index (χ1n) is 7.50. The lowest BCUT2D eigenvalue weighted by atomic mass is 10.1. The minimum Gasteiger partial charge on any atom is -0.314 e. The summed E-state index contributed by atoms with van der Waals surface area (Å²) in [5.74, 6) is 0. The predicted molar refractivity (Wildman–Crippen MR) is 82.8 cm³/mol. The van der Waals surface area contributed by atoms with Crippen LogP contribution < -0.4 is 5.32 Å². The summed E-state index contributed by atoms with van der Waals surface area (Å²) in [5.41, 5.74) is 1.15. The third-order valence-electron chi connectivity index (χ3n) is 3.97. The van der Waals surface area contributed by atoms with Gasteiger partial charge in [-0.1, -0.05) is 37.8 Å². The van der Waals surface area contributed by atoms with Crippen molar-refractivity contribution in [3.8, 4) is 0 Å². The molecule has 1 aromatic carbocycles.